The summed E-state index contributed by atoms with van der Waals surface area (Å²) in [7, 11) is 0. The van der Waals surface area contributed by atoms with Gasteiger partial charge in [-0.25, -0.2) is 8.78 Å². The molecule has 6 nitrogen and oxygen atoms in total. The highest BCUT2D eigenvalue weighted by Gasteiger charge is 2.24. The largest absolute Gasteiger partial charge is 0.363 e. The molecule has 4 rings (SSSR count). The van der Waals surface area contributed by atoms with Crippen molar-refractivity contribution in [2.24, 2.45) is 0 Å². The molecule has 0 bridgehead atoms. The Kier molecular flexibility index (Phi) is 4.49. The molecule has 0 unspecified atom stereocenters. The highest BCUT2D eigenvalue weighted by molar-refractivity contribution is 5.83. The summed E-state index contributed by atoms with van der Waals surface area (Å²) in [5.74, 6) is -0.882. The number of rotatable bonds is 4. The summed E-state index contributed by atoms with van der Waals surface area (Å²) in [6.07, 6.45) is 1.89. The number of benzene rings is 2. The number of hydrogen-bond acceptors (Lipinski definition) is 4. The number of fused-ring (bicyclic) bond motifs is 1. The molecule has 0 saturated carbocycles. The first-order valence-electron chi connectivity index (χ1n) is 8.68. The molecule has 1 aliphatic rings. The average molecular weight is 372 g/mol. The third-order valence-electron chi connectivity index (χ3n) is 4.97. The first-order chi connectivity index (χ1) is 13.0. The van der Waals surface area contributed by atoms with Crippen LogP contribution in [0, 0.1) is 21.7 Å². The zero-order valence-electron chi connectivity index (χ0n) is 14.5. The fourth-order valence-corrected chi connectivity index (χ4v) is 3.58. The third-order valence-corrected chi connectivity index (χ3v) is 4.97. The van der Waals surface area contributed by atoms with Gasteiger partial charge >= 0.3 is 0 Å². The number of piperazine rings is 1. The van der Waals surface area contributed by atoms with E-state index < -0.39 is 10.7 Å². The van der Waals surface area contributed by atoms with Crippen molar-refractivity contribution in [2.75, 3.05) is 31.1 Å². The van der Waals surface area contributed by atoms with Gasteiger partial charge in [0.2, 0.25) is 0 Å². The fraction of sp³-hybridized carbons (Fsp3) is 0.263. The molecule has 0 amide bonds. The van der Waals surface area contributed by atoms with Crippen LogP contribution in [0.2, 0.25) is 0 Å². The Labute approximate surface area is 154 Å². The molecule has 140 valence electrons. The summed E-state index contributed by atoms with van der Waals surface area (Å²) >= 11 is 0. The summed E-state index contributed by atoms with van der Waals surface area (Å²) in [6.45, 7) is 3.28. The van der Waals surface area contributed by atoms with E-state index in [4.69, 9.17) is 0 Å². The quantitative estimate of drug-likeness (QED) is 0.561. The molecule has 1 saturated heterocycles. The lowest BCUT2D eigenvalue weighted by atomic mass is 10.1. The standard InChI is InChI=1S/C19H18F2N4O2/c20-14-1-3-17-16(9-14)13(11-22-17)12-23-5-7-24(8-6-23)18-4-2-15(21)10-19(18)25(26)27/h1-4,9-11,22H,5-8,12H2. The normalized spacial score (nSPS) is 15.4. The Bertz CT molecular complexity index is 997. The summed E-state index contributed by atoms with van der Waals surface area (Å²) in [5.41, 5.74) is 2.14. The Balaban J connectivity index is 1.46. The van der Waals surface area contributed by atoms with Crippen molar-refractivity contribution in [3.63, 3.8) is 0 Å². The summed E-state index contributed by atoms with van der Waals surface area (Å²) in [4.78, 5) is 17.9. The summed E-state index contributed by atoms with van der Waals surface area (Å²) in [6, 6.07) is 8.35. The SMILES string of the molecule is O=[N+]([O-])c1cc(F)ccc1N1CCN(Cc2c[nH]c3ccc(F)cc23)CC1. The molecule has 2 aromatic carbocycles. The van der Waals surface area contributed by atoms with E-state index in [1.807, 2.05) is 11.1 Å². The van der Waals surface area contributed by atoms with E-state index in [9.17, 15) is 18.9 Å². The number of aromatic nitrogens is 1. The van der Waals surface area contributed by atoms with Gasteiger partial charge in [-0.1, -0.05) is 0 Å². The van der Waals surface area contributed by atoms with Crippen molar-refractivity contribution in [3.05, 3.63) is 69.9 Å². The number of anilines is 1. The Morgan fingerprint density at radius 1 is 1.04 bits per heavy atom. The molecule has 0 atom stereocenters. The highest BCUT2D eigenvalue weighted by atomic mass is 19.1. The van der Waals surface area contributed by atoms with Crippen molar-refractivity contribution in [2.45, 2.75) is 6.54 Å². The van der Waals surface area contributed by atoms with Crippen LogP contribution >= 0.6 is 0 Å². The predicted molar refractivity (Wildman–Crippen MR) is 98.8 cm³/mol. The van der Waals surface area contributed by atoms with Gasteiger partial charge in [-0.2, -0.15) is 0 Å². The zero-order valence-corrected chi connectivity index (χ0v) is 14.5. The van der Waals surface area contributed by atoms with Gasteiger partial charge in [-0.15, -0.1) is 0 Å². The van der Waals surface area contributed by atoms with Crippen LogP contribution in [-0.4, -0.2) is 41.0 Å². The van der Waals surface area contributed by atoms with E-state index in [0.29, 0.717) is 38.4 Å². The van der Waals surface area contributed by atoms with Crippen molar-refractivity contribution in [1.82, 2.24) is 9.88 Å². The molecule has 0 radical (unpaired) electrons. The van der Waals surface area contributed by atoms with Crippen molar-refractivity contribution < 1.29 is 13.7 Å². The molecule has 0 spiro atoms. The second kappa shape index (κ2) is 6.96. The Morgan fingerprint density at radius 3 is 2.48 bits per heavy atom. The number of H-pyrrole nitrogens is 1. The second-order valence-corrected chi connectivity index (χ2v) is 6.66. The first-order valence-corrected chi connectivity index (χ1v) is 8.68. The fourth-order valence-electron chi connectivity index (χ4n) is 3.58. The molecular formula is C19H18F2N4O2. The topological polar surface area (TPSA) is 65.4 Å². The summed E-state index contributed by atoms with van der Waals surface area (Å²) < 4.78 is 26.9. The van der Waals surface area contributed by atoms with E-state index in [-0.39, 0.29) is 11.5 Å². The van der Waals surface area contributed by atoms with Crippen LogP contribution in [0.1, 0.15) is 5.56 Å². The number of nitro groups is 1. The number of nitro benzene ring substituents is 1. The van der Waals surface area contributed by atoms with Gasteiger partial charge in [0.05, 0.1) is 11.0 Å². The molecule has 27 heavy (non-hydrogen) atoms. The lowest BCUT2D eigenvalue weighted by molar-refractivity contribution is -0.384. The lowest BCUT2D eigenvalue weighted by Crippen LogP contribution is -2.46. The van der Waals surface area contributed by atoms with Crippen LogP contribution in [0.25, 0.3) is 10.9 Å². The second-order valence-electron chi connectivity index (χ2n) is 6.66. The maximum Gasteiger partial charge on any atom is 0.295 e. The molecule has 3 aromatic rings. The minimum Gasteiger partial charge on any atom is -0.363 e. The molecule has 1 aliphatic heterocycles. The minimum atomic E-state index is -0.615. The van der Waals surface area contributed by atoms with E-state index in [1.54, 1.807) is 6.07 Å². The smallest absolute Gasteiger partial charge is 0.295 e. The van der Waals surface area contributed by atoms with Crippen molar-refractivity contribution in [3.8, 4) is 0 Å². The van der Waals surface area contributed by atoms with Gasteiger partial charge in [-0.3, -0.25) is 15.0 Å². The van der Waals surface area contributed by atoms with Crippen molar-refractivity contribution >= 4 is 22.3 Å². The third kappa shape index (κ3) is 3.48. The van der Waals surface area contributed by atoms with Crippen LogP contribution in [-0.2, 0) is 6.54 Å². The van der Waals surface area contributed by atoms with Gasteiger partial charge in [-0.05, 0) is 35.9 Å². The minimum absolute atomic E-state index is 0.212. The number of halogens is 2. The highest BCUT2D eigenvalue weighted by Crippen LogP contribution is 2.30. The monoisotopic (exact) mass is 372 g/mol. The van der Waals surface area contributed by atoms with Crippen LogP contribution in [0.5, 0.6) is 0 Å². The maximum atomic E-state index is 13.5. The number of aromatic amines is 1. The van der Waals surface area contributed by atoms with Crippen LogP contribution in [0.3, 0.4) is 0 Å². The molecule has 1 N–H and O–H groups in total. The Morgan fingerprint density at radius 2 is 1.74 bits per heavy atom. The Hall–Kier alpha value is -3.00. The maximum absolute atomic E-state index is 13.5. The molecular weight excluding hydrogens is 354 g/mol. The van der Waals surface area contributed by atoms with E-state index in [2.05, 4.69) is 9.88 Å². The van der Waals surface area contributed by atoms with Gasteiger partial charge in [0.1, 0.15) is 17.3 Å². The molecule has 0 aliphatic carbocycles. The van der Waals surface area contributed by atoms with E-state index in [1.165, 1.54) is 24.3 Å². The molecule has 1 fully saturated rings. The first kappa shape index (κ1) is 17.4. The average Bonchev–Trinajstić information content (AvgIpc) is 3.04. The number of nitrogens with one attached hydrogen (secondary N) is 1. The number of nitrogens with zero attached hydrogens (tertiary/aromatic N) is 3. The van der Waals surface area contributed by atoms with E-state index in [0.717, 1.165) is 22.5 Å². The van der Waals surface area contributed by atoms with Crippen LogP contribution in [0.4, 0.5) is 20.2 Å². The van der Waals surface area contributed by atoms with Crippen LogP contribution < -0.4 is 4.90 Å². The predicted octanol–water partition coefficient (Wildman–Crippen LogP) is 3.68. The van der Waals surface area contributed by atoms with Gasteiger partial charge in [0.25, 0.3) is 5.69 Å². The molecule has 2 heterocycles. The van der Waals surface area contributed by atoms with Gasteiger partial charge in [0.15, 0.2) is 0 Å². The summed E-state index contributed by atoms with van der Waals surface area (Å²) in [5, 5.41) is 12.1. The van der Waals surface area contributed by atoms with Crippen molar-refractivity contribution in [1.29, 1.82) is 0 Å². The lowest BCUT2D eigenvalue weighted by Gasteiger charge is -2.35. The van der Waals surface area contributed by atoms with Crippen LogP contribution in [0.15, 0.2) is 42.6 Å². The van der Waals surface area contributed by atoms with E-state index >= 15 is 0 Å². The zero-order chi connectivity index (χ0) is 19.0. The number of hydrogen-bond donors (Lipinski definition) is 1. The molecule has 1 aromatic heterocycles. The molecule has 8 heteroatoms. The van der Waals surface area contributed by atoms with Gasteiger partial charge in [0, 0.05) is 49.8 Å². The van der Waals surface area contributed by atoms with Gasteiger partial charge < -0.3 is 9.88 Å².